The largest absolute Gasteiger partial charge is 0.359 e. The minimum Gasteiger partial charge on any atom is -0.359 e. The van der Waals surface area contributed by atoms with Gasteiger partial charge < -0.3 is 9.94 Å². The molecule has 0 amide bonds. The molecule has 0 aliphatic rings. The zero-order valence-corrected chi connectivity index (χ0v) is 3.46. The highest BCUT2D eigenvalue weighted by atomic mass is 16.7. The Balaban J connectivity index is 2.66. The van der Waals surface area contributed by atoms with Crippen LogP contribution in [0.15, 0.2) is 10.4 Å². The third kappa shape index (κ3) is 3.36. The molecule has 0 unspecified atom stereocenters. The quantitative estimate of drug-likeness (QED) is 0.293. The molecule has 0 heterocycles. The normalized spacial score (nSPS) is 9.67. The number of aliphatic hydroxyl groups is 1. The molecule has 36 valence electrons. The van der Waals surface area contributed by atoms with Gasteiger partial charge in [-0.05, 0) is 0 Å². The zero-order valence-electron chi connectivity index (χ0n) is 3.46. The Morgan fingerprint density at radius 2 is 2.50 bits per heavy atom. The summed E-state index contributed by atoms with van der Waals surface area (Å²) < 4.78 is 0. The minimum atomic E-state index is -0.405. The third-order valence-electron chi connectivity index (χ3n) is 0.197. The monoisotopic (exact) mass is 90.0 g/mol. The van der Waals surface area contributed by atoms with Crippen molar-refractivity contribution in [3.8, 4) is 0 Å². The molecular weight excluding hydrogens is 84.0 g/mol. The Morgan fingerprint density at radius 3 is 2.67 bits per heavy atom. The van der Waals surface area contributed by atoms with E-state index in [-0.39, 0.29) is 0 Å². The average molecular weight is 90.1 g/mol. The van der Waals surface area contributed by atoms with Gasteiger partial charge in [-0.3, -0.25) is 0 Å². The van der Waals surface area contributed by atoms with Crippen LogP contribution in [-0.2, 0) is 4.84 Å². The Kier molecular flexibility index (Phi) is 3.89. The van der Waals surface area contributed by atoms with Crippen LogP contribution in [-0.4, -0.2) is 18.9 Å². The van der Waals surface area contributed by atoms with E-state index in [9.17, 15) is 0 Å². The van der Waals surface area contributed by atoms with Crippen LogP contribution < -0.4 is 0 Å². The fraction of sp³-hybridized carbons (Fsp3) is 1.00. The summed E-state index contributed by atoms with van der Waals surface area (Å²) in [7, 11) is 1.45. The summed E-state index contributed by atoms with van der Waals surface area (Å²) in [4.78, 5) is 4.00. The van der Waals surface area contributed by atoms with Gasteiger partial charge >= 0.3 is 0 Å². The fourth-order valence-corrected chi connectivity index (χ4v) is 0.0836. The molecule has 0 saturated heterocycles. The Hall–Kier alpha value is -0.640. The molecule has 0 aromatic rings. The molecular formula is C2H6N2O2. The second-order valence-electron chi connectivity index (χ2n) is 0.540. The van der Waals surface area contributed by atoms with Crippen LogP contribution in [0, 0.1) is 0 Å². The van der Waals surface area contributed by atoms with Gasteiger partial charge in [0.05, 0.1) is 7.05 Å². The van der Waals surface area contributed by atoms with Gasteiger partial charge in [0, 0.05) is 5.28 Å². The van der Waals surface area contributed by atoms with Crippen LogP contribution in [0.1, 0.15) is 0 Å². The van der Waals surface area contributed by atoms with Crippen LogP contribution in [0.3, 0.4) is 0 Å². The minimum absolute atomic E-state index is 0.405. The molecule has 4 nitrogen and oxygen atoms in total. The third-order valence-corrected chi connectivity index (χ3v) is 0.197. The maximum Gasteiger partial charge on any atom is 0.215 e. The van der Waals surface area contributed by atoms with Gasteiger partial charge in [-0.25, -0.2) is 0 Å². The zero-order chi connectivity index (χ0) is 4.83. The lowest BCUT2D eigenvalue weighted by atomic mass is 11.5. The first-order valence-corrected chi connectivity index (χ1v) is 1.43. The Morgan fingerprint density at radius 1 is 1.83 bits per heavy atom. The molecule has 6 heavy (non-hydrogen) atoms. The predicted molar refractivity (Wildman–Crippen MR) is 19.0 cm³/mol. The number of hydrogen-bond acceptors (Lipinski definition) is 4. The molecule has 1 N–H and O–H groups in total. The second-order valence-corrected chi connectivity index (χ2v) is 0.540. The summed E-state index contributed by atoms with van der Waals surface area (Å²) >= 11 is 0. The van der Waals surface area contributed by atoms with E-state index in [0.29, 0.717) is 0 Å². The number of rotatable bonds is 2. The predicted octanol–water partition coefficient (Wildman–Crippen LogP) is -0.0502. The van der Waals surface area contributed by atoms with Crippen molar-refractivity contribution in [3.63, 3.8) is 0 Å². The average Bonchev–Trinajstić information content (AvgIpc) is 1.61. The lowest BCUT2D eigenvalue weighted by Gasteiger charge is -1.81. The molecule has 0 aromatic heterocycles. The van der Waals surface area contributed by atoms with Crippen LogP contribution >= 0.6 is 0 Å². The smallest absolute Gasteiger partial charge is 0.215 e. The van der Waals surface area contributed by atoms with Gasteiger partial charge in [-0.15, -0.1) is 0 Å². The number of hydrogen-bond donors (Lipinski definition) is 1. The molecule has 0 saturated carbocycles. The summed E-state index contributed by atoms with van der Waals surface area (Å²) in [5.41, 5.74) is 0. The van der Waals surface area contributed by atoms with Gasteiger partial charge in [0.25, 0.3) is 0 Å². The van der Waals surface area contributed by atoms with Crippen LogP contribution in [0.25, 0.3) is 0 Å². The molecule has 0 aromatic carbocycles. The van der Waals surface area contributed by atoms with E-state index in [1.807, 2.05) is 0 Å². The number of aliphatic hydroxyl groups excluding tert-OH is 1. The van der Waals surface area contributed by atoms with Crippen molar-refractivity contribution in [1.82, 2.24) is 0 Å². The van der Waals surface area contributed by atoms with Crippen molar-refractivity contribution >= 4 is 0 Å². The Bertz CT molecular complexity index is 44.8. The highest BCUT2D eigenvalue weighted by Gasteiger charge is 1.62. The van der Waals surface area contributed by atoms with Gasteiger partial charge in [0.2, 0.25) is 6.79 Å². The highest BCUT2D eigenvalue weighted by Crippen LogP contribution is 1.68. The first-order chi connectivity index (χ1) is 2.91. The van der Waals surface area contributed by atoms with Gasteiger partial charge in [0.1, 0.15) is 0 Å². The molecule has 0 rings (SSSR count). The molecule has 0 aliphatic heterocycles. The van der Waals surface area contributed by atoms with Gasteiger partial charge in [-0.1, -0.05) is 0 Å². The summed E-state index contributed by atoms with van der Waals surface area (Å²) in [6.45, 7) is -0.405. The fourth-order valence-electron chi connectivity index (χ4n) is 0.0836. The standard InChI is InChI=1S/C2H6N2O2/c1-3-4-6-2-5/h5H,2H2,1H3. The van der Waals surface area contributed by atoms with Crippen molar-refractivity contribution in [2.45, 2.75) is 0 Å². The van der Waals surface area contributed by atoms with E-state index in [4.69, 9.17) is 5.11 Å². The van der Waals surface area contributed by atoms with Crippen molar-refractivity contribution in [2.24, 2.45) is 10.4 Å². The highest BCUT2D eigenvalue weighted by molar-refractivity contribution is 3.90. The van der Waals surface area contributed by atoms with Crippen molar-refractivity contribution in [2.75, 3.05) is 13.8 Å². The van der Waals surface area contributed by atoms with Crippen LogP contribution in [0.5, 0.6) is 0 Å². The van der Waals surface area contributed by atoms with Crippen LogP contribution in [0.4, 0.5) is 0 Å². The van der Waals surface area contributed by atoms with E-state index in [1.54, 1.807) is 0 Å². The summed E-state index contributed by atoms with van der Waals surface area (Å²) in [5, 5.41) is 14.0. The van der Waals surface area contributed by atoms with E-state index < -0.39 is 6.79 Å². The maximum atomic E-state index is 7.82. The van der Waals surface area contributed by atoms with E-state index >= 15 is 0 Å². The lowest BCUT2D eigenvalue weighted by molar-refractivity contribution is -0.00909. The van der Waals surface area contributed by atoms with Crippen molar-refractivity contribution in [3.05, 3.63) is 0 Å². The first kappa shape index (κ1) is 5.36. The maximum absolute atomic E-state index is 7.82. The SMILES string of the molecule is CN=NOCO. The van der Waals surface area contributed by atoms with E-state index in [2.05, 4.69) is 15.2 Å². The van der Waals surface area contributed by atoms with E-state index in [0.717, 1.165) is 0 Å². The van der Waals surface area contributed by atoms with Crippen molar-refractivity contribution < 1.29 is 9.94 Å². The molecule has 0 bridgehead atoms. The molecule has 4 heteroatoms. The molecule has 0 fully saturated rings. The van der Waals surface area contributed by atoms with Gasteiger partial charge in [0.15, 0.2) is 0 Å². The van der Waals surface area contributed by atoms with E-state index in [1.165, 1.54) is 7.05 Å². The topological polar surface area (TPSA) is 54.2 Å². The summed E-state index contributed by atoms with van der Waals surface area (Å²) in [6.07, 6.45) is 0. The Labute approximate surface area is 35.4 Å². The molecule has 0 spiro atoms. The van der Waals surface area contributed by atoms with Crippen molar-refractivity contribution in [1.29, 1.82) is 0 Å². The van der Waals surface area contributed by atoms with Gasteiger partial charge in [-0.2, -0.15) is 5.11 Å². The first-order valence-electron chi connectivity index (χ1n) is 1.43. The molecule has 0 radical (unpaired) electrons. The summed E-state index contributed by atoms with van der Waals surface area (Å²) in [5.74, 6) is 0. The molecule has 0 atom stereocenters. The molecule has 0 aliphatic carbocycles. The number of nitrogens with zero attached hydrogens (tertiary/aromatic N) is 2. The lowest BCUT2D eigenvalue weighted by Crippen LogP contribution is -1.79. The summed E-state index contributed by atoms with van der Waals surface area (Å²) in [6, 6.07) is 0. The van der Waals surface area contributed by atoms with Crippen LogP contribution in [0.2, 0.25) is 0 Å². The second kappa shape index (κ2) is 4.36.